The molecule has 100 valence electrons. The number of nitrogens with zero attached hydrogens (tertiary/aromatic N) is 3. The molecule has 1 heterocycles. The number of rotatable bonds is 3. The van der Waals surface area contributed by atoms with Crippen LogP contribution in [0, 0.1) is 0 Å². The van der Waals surface area contributed by atoms with E-state index in [4.69, 9.17) is 16.3 Å². The normalized spacial score (nSPS) is 23.8. The Kier molecular flexibility index (Phi) is 4.67. The number of alkyl halides is 1. The van der Waals surface area contributed by atoms with Gasteiger partial charge in [0.2, 0.25) is 0 Å². The summed E-state index contributed by atoms with van der Waals surface area (Å²) in [5.41, 5.74) is 0. The van der Waals surface area contributed by atoms with Gasteiger partial charge in [-0.3, -0.25) is 0 Å². The van der Waals surface area contributed by atoms with Crippen LogP contribution in [-0.2, 0) is 0 Å². The SMILES string of the molecule is COc1ncc(Cl)c(N(C)C2CCCCC2Br)n1. The summed E-state index contributed by atoms with van der Waals surface area (Å²) in [6.07, 6.45) is 6.45. The summed E-state index contributed by atoms with van der Waals surface area (Å²) in [6, 6.07) is 0.763. The molecule has 1 aliphatic rings. The number of hydrogen-bond donors (Lipinski definition) is 0. The largest absolute Gasteiger partial charge is 0.467 e. The van der Waals surface area contributed by atoms with Crippen molar-refractivity contribution in [1.29, 1.82) is 0 Å². The van der Waals surface area contributed by atoms with Crippen LogP contribution in [0.2, 0.25) is 5.02 Å². The highest BCUT2D eigenvalue weighted by Crippen LogP contribution is 2.33. The first-order valence-electron chi connectivity index (χ1n) is 6.07. The van der Waals surface area contributed by atoms with Gasteiger partial charge in [-0.05, 0) is 12.8 Å². The van der Waals surface area contributed by atoms with Crippen LogP contribution in [-0.4, -0.2) is 35.0 Å². The molecule has 2 unspecified atom stereocenters. The lowest BCUT2D eigenvalue weighted by atomic mass is 9.94. The summed E-state index contributed by atoms with van der Waals surface area (Å²) in [5, 5.41) is 0.559. The molecule has 1 aromatic rings. The van der Waals surface area contributed by atoms with Crippen molar-refractivity contribution in [3.63, 3.8) is 0 Å². The summed E-state index contributed by atoms with van der Waals surface area (Å²) in [7, 11) is 3.58. The fraction of sp³-hybridized carbons (Fsp3) is 0.667. The molecule has 0 spiro atoms. The van der Waals surface area contributed by atoms with Crippen molar-refractivity contribution >= 4 is 33.3 Å². The van der Waals surface area contributed by atoms with Gasteiger partial charge in [-0.2, -0.15) is 4.98 Å². The first-order chi connectivity index (χ1) is 8.63. The van der Waals surface area contributed by atoms with Crippen molar-refractivity contribution in [1.82, 2.24) is 9.97 Å². The molecule has 0 aliphatic heterocycles. The Morgan fingerprint density at radius 3 is 2.83 bits per heavy atom. The van der Waals surface area contributed by atoms with E-state index in [1.54, 1.807) is 13.3 Å². The fourth-order valence-electron chi connectivity index (χ4n) is 2.35. The molecule has 4 nitrogen and oxygen atoms in total. The lowest BCUT2D eigenvalue weighted by Gasteiger charge is -2.36. The Morgan fingerprint density at radius 1 is 1.44 bits per heavy atom. The predicted octanol–water partition coefficient (Wildman–Crippen LogP) is 3.28. The average Bonchev–Trinajstić information content (AvgIpc) is 2.39. The van der Waals surface area contributed by atoms with Crippen molar-refractivity contribution in [2.75, 3.05) is 19.1 Å². The van der Waals surface area contributed by atoms with Crippen molar-refractivity contribution in [2.45, 2.75) is 36.6 Å². The minimum atomic E-state index is 0.350. The number of anilines is 1. The van der Waals surface area contributed by atoms with Crippen molar-refractivity contribution < 1.29 is 4.74 Å². The topological polar surface area (TPSA) is 38.2 Å². The number of hydrogen-bond acceptors (Lipinski definition) is 4. The molecule has 0 radical (unpaired) electrons. The van der Waals surface area contributed by atoms with Crippen LogP contribution in [0.4, 0.5) is 5.82 Å². The molecule has 1 aromatic heterocycles. The molecular weight excluding hydrogens is 318 g/mol. The maximum absolute atomic E-state index is 6.18. The third-order valence-electron chi connectivity index (χ3n) is 3.36. The summed E-state index contributed by atoms with van der Waals surface area (Å²) < 4.78 is 5.05. The van der Waals surface area contributed by atoms with Crippen LogP contribution < -0.4 is 9.64 Å². The van der Waals surface area contributed by atoms with E-state index < -0.39 is 0 Å². The molecular formula is C12H17BrClN3O. The smallest absolute Gasteiger partial charge is 0.318 e. The summed E-state index contributed by atoms with van der Waals surface area (Å²) in [4.78, 5) is 11.0. The summed E-state index contributed by atoms with van der Waals surface area (Å²) >= 11 is 9.93. The molecule has 18 heavy (non-hydrogen) atoms. The highest BCUT2D eigenvalue weighted by molar-refractivity contribution is 9.09. The number of aromatic nitrogens is 2. The Bertz CT molecular complexity index is 418. The monoisotopic (exact) mass is 333 g/mol. The highest BCUT2D eigenvalue weighted by Gasteiger charge is 2.28. The van der Waals surface area contributed by atoms with Gasteiger partial charge in [0.25, 0.3) is 0 Å². The second-order valence-electron chi connectivity index (χ2n) is 4.51. The highest BCUT2D eigenvalue weighted by atomic mass is 79.9. The lowest BCUT2D eigenvalue weighted by molar-refractivity contribution is 0.378. The fourth-order valence-corrected chi connectivity index (χ4v) is 3.51. The van der Waals surface area contributed by atoms with Crippen LogP contribution in [0.15, 0.2) is 6.20 Å². The summed E-state index contributed by atoms with van der Waals surface area (Å²) in [6.45, 7) is 0. The van der Waals surface area contributed by atoms with Gasteiger partial charge >= 0.3 is 6.01 Å². The molecule has 0 N–H and O–H groups in total. The van der Waals surface area contributed by atoms with E-state index in [9.17, 15) is 0 Å². The van der Waals surface area contributed by atoms with Gasteiger partial charge < -0.3 is 9.64 Å². The molecule has 1 aliphatic carbocycles. The van der Waals surface area contributed by atoms with E-state index in [0.29, 0.717) is 21.9 Å². The Labute approximate surface area is 121 Å². The zero-order valence-electron chi connectivity index (χ0n) is 10.6. The lowest BCUT2D eigenvalue weighted by Crippen LogP contribution is -2.41. The third kappa shape index (κ3) is 2.88. The maximum Gasteiger partial charge on any atom is 0.318 e. The van der Waals surface area contributed by atoms with E-state index >= 15 is 0 Å². The number of ether oxygens (including phenoxy) is 1. The van der Waals surface area contributed by atoms with E-state index in [1.165, 1.54) is 19.3 Å². The van der Waals surface area contributed by atoms with Gasteiger partial charge in [0.05, 0.1) is 13.3 Å². The van der Waals surface area contributed by atoms with Gasteiger partial charge in [-0.1, -0.05) is 40.4 Å². The maximum atomic E-state index is 6.18. The van der Waals surface area contributed by atoms with Crippen LogP contribution in [0.25, 0.3) is 0 Å². The van der Waals surface area contributed by atoms with Gasteiger partial charge in [-0.25, -0.2) is 4.98 Å². The molecule has 1 fully saturated rings. The van der Waals surface area contributed by atoms with Crippen LogP contribution in [0.1, 0.15) is 25.7 Å². The van der Waals surface area contributed by atoms with Crippen LogP contribution >= 0.6 is 27.5 Å². The molecule has 2 atom stereocenters. The first kappa shape index (κ1) is 13.9. The molecule has 6 heteroatoms. The van der Waals surface area contributed by atoms with Gasteiger partial charge in [0.1, 0.15) is 5.02 Å². The van der Waals surface area contributed by atoms with Crippen molar-refractivity contribution in [2.24, 2.45) is 0 Å². The molecule has 1 saturated carbocycles. The van der Waals surface area contributed by atoms with E-state index in [2.05, 4.69) is 30.8 Å². The van der Waals surface area contributed by atoms with Crippen LogP contribution in [0.5, 0.6) is 6.01 Å². The summed E-state index contributed by atoms with van der Waals surface area (Å²) in [5.74, 6) is 0.736. The second-order valence-corrected chi connectivity index (χ2v) is 6.09. The third-order valence-corrected chi connectivity index (χ3v) is 4.70. The Hall–Kier alpha value is -0.550. The second kappa shape index (κ2) is 6.06. The van der Waals surface area contributed by atoms with Crippen molar-refractivity contribution in [3.05, 3.63) is 11.2 Å². The first-order valence-corrected chi connectivity index (χ1v) is 7.36. The number of halogens is 2. The van der Waals surface area contributed by atoms with Crippen LogP contribution in [0.3, 0.4) is 0 Å². The number of methoxy groups -OCH3 is 1. The zero-order valence-corrected chi connectivity index (χ0v) is 12.9. The minimum Gasteiger partial charge on any atom is -0.467 e. The molecule has 0 saturated heterocycles. The molecule has 2 rings (SSSR count). The average molecular weight is 335 g/mol. The molecule has 0 bridgehead atoms. The van der Waals surface area contributed by atoms with Gasteiger partial charge in [-0.15, -0.1) is 0 Å². The minimum absolute atomic E-state index is 0.350. The van der Waals surface area contributed by atoms with Crippen molar-refractivity contribution in [3.8, 4) is 6.01 Å². The van der Waals surface area contributed by atoms with Gasteiger partial charge in [0, 0.05) is 17.9 Å². The standard InChI is InChI=1S/C12H17BrClN3O/c1-17(10-6-4-3-5-8(10)13)11-9(14)7-15-12(16-11)18-2/h7-8,10H,3-6H2,1-2H3. The zero-order chi connectivity index (χ0) is 13.1. The molecule has 0 amide bonds. The predicted molar refractivity (Wildman–Crippen MR) is 77.0 cm³/mol. The van der Waals surface area contributed by atoms with Gasteiger partial charge in [0.15, 0.2) is 5.82 Å². The van der Waals surface area contributed by atoms with E-state index in [-0.39, 0.29) is 0 Å². The molecule has 0 aromatic carbocycles. The quantitative estimate of drug-likeness (QED) is 0.795. The Balaban J connectivity index is 2.23. The van der Waals surface area contributed by atoms with E-state index in [1.807, 2.05) is 7.05 Å². The Morgan fingerprint density at radius 2 is 2.17 bits per heavy atom. The van der Waals surface area contributed by atoms with E-state index in [0.717, 1.165) is 12.2 Å².